The molecule has 0 radical (unpaired) electrons. The smallest absolute Gasteiger partial charge is 0.408 e. The van der Waals surface area contributed by atoms with Crippen molar-refractivity contribution in [1.29, 1.82) is 0 Å². The van der Waals surface area contributed by atoms with Crippen LogP contribution in [-0.4, -0.2) is 72.6 Å². The average Bonchev–Trinajstić information content (AvgIpc) is 3.54. The number of halogens is 4. The van der Waals surface area contributed by atoms with Gasteiger partial charge in [-0.1, -0.05) is 0 Å². The highest BCUT2D eigenvalue weighted by molar-refractivity contribution is 6.04. The maximum atomic E-state index is 14.3. The van der Waals surface area contributed by atoms with Crippen LogP contribution in [0.3, 0.4) is 0 Å². The number of alkyl halides is 4. The molecule has 206 valence electrons. The summed E-state index contributed by atoms with van der Waals surface area (Å²) in [5.74, 6) is -1.86. The summed E-state index contributed by atoms with van der Waals surface area (Å²) < 4.78 is 72.1. The van der Waals surface area contributed by atoms with E-state index in [4.69, 9.17) is 9.84 Å². The number of pyridine rings is 1. The SMILES string of the molecule is Cn1cc(-c2c(-c3c(C(F)F)nn4c3OC[C@@H](NC(=O)OCC(=O)O)C4)[nH]c3ncccc23)c(OC(F)F)n1. The number of hydrogen-bond acceptors (Lipinski definition) is 8. The number of fused-ring (bicyclic) bond motifs is 2. The van der Waals surface area contributed by atoms with E-state index in [1.807, 2.05) is 0 Å². The van der Waals surface area contributed by atoms with E-state index in [-0.39, 0.29) is 47.1 Å². The molecule has 0 aliphatic carbocycles. The Bertz CT molecular complexity index is 1550. The molecule has 0 bridgehead atoms. The molecular weight excluding hydrogens is 534 g/mol. The Hall–Kier alpha value is -4.83. The second-order valence-electron chi connectivity index (χ2n) is 8.35. The Morgan fingerprint density at radius 3 is 2.79 bits per heavy atom. The third-order valence-electron chi connectivity index (χ3n) is 5.69. The van der Waals surface area contributed by atoms with Crippen LogP contribution in [0.2, 0.25) is 0 Å². The molecule has 39 heavy (non-hydrogen) atoms. The Morgan fingerprint density at radius 1 is 1.28 bits per heavy atom. The van der Waals surface area contributed by atoms with E-state index in [1.165, 1.54) is 24.1 Å². The van der Waals surface area contributed by atoms with Gasteiger partial charge < -0.3 is 29.6 Å². The lowest BCUT2D eigenvalue weighted by Gasteiger charge is -2.25. The molecule has 1 atom stereocenters. The van der Waals surface area contributed by atoms with Crippen molar-refractivity contribution in [3.05, 3.63) is 30.2 Å². The molecule has 4 aromatic rings. The highest BCUT2D eigenvalue weighted by Gasteiger charge is 2.35. The molecule has 1 aliphatic heterocycles. The molecule has 13 nitrogen and oxygen atoms in total. The monoisotopic (exact) mass is 553 g/mol. The van der Waals surface area contributed by atoms with E-state index in [9.17, 15) is 27.2 Å². The maximum absolute atomic E-state index is 14.3. The lowest BCUT2D eigenvalue weighted by molar-refractivity contribution is -0.140. The lowest BCUT2D eigenvalue weighted by atomic mass is 10.0. The summed E-state index contributed by atoms with van der Waals surface area (Å²) in [4.78, 5) is 29.6. The van der Waals surface area contributed by atoms with E-state index < -0.39 is 49.3 Å². The minimum Gasteiger partial charge on any atom is -0.479 e. The van der Waals surface area contributed by atoms with Gasteiger partial charge in [-0.15, -0.1) is 5.10 Å². The van der Waals surface area contributed by atoms with Crippen molar-refractivity contribution in [2.45, 2.75) is 25.6 Å². The minimum absolute atomic E-state index is 0.0552. The van der Waals surface area contributed by atoms with Crippen LogP contribution in [0.5, 0.6) is 11.8 Å². The molecule has 1 aliphatic rings. The summed E-state index contributed by atoms with van der Waals surface area (Å²) in [6.45, 7) is -4.36. The number of hydrogen-bond donors (Lipinski definition) is 3. The van der Waals surface area contributed by atoms with Gasteiger partial charge in [-0.25, -0.2) is 28.0 Å². The predicted molar refractivity (Wildman–Crippen MR) is 123 cm³/mol. The van der Waals surface area contributed by atoms with Crippen molar-refractivity contribution < 1.29 is 46.5 Å². The third kappa shape index (κ3) is 5.01. The maximum Gasteiger partial charge on any atom is 0.408 e. The Balaban J connectivity index is 1.60. The topological polar surface area (TPSA) is 158 Å². The standard InChI is InChI=1S/C22H19F4N7O6/c1-32-6-11(19(31-32)39-21(25)26)13-10-3-2-4-27-18(10)29-15(13)14-16(17(23)24)30-33-5-9(7-37-20(14)33)28-22(36)38-8-12(34)35/h2-4,6,9,17,21H,5,7-8H2,1H3,(H,27,29)(H,28,36)(H,34,35)/t9-/m0/s1. The summed E-state index contributed by atoms with van der Waals surface area (Å²) in [5, 5.41) is 19.4. The first-order valence-corrected chi connectivity index (χ1v) is 11.2. The first-order valence-electron chi connectivity index (χ1n) is 11.2. The first-order chi connectivity index (χ1) is 18.6. The number of carboxylic acids is 1. The van der Waals surface area contributed by atoms with Crippen molar-refractivity contribution in [2.24, 2.45) is 7.05 Å². The number of alkyl carbamates (subject to hydrolysis) is 1. The summed E-state index contributed by atoms with van der Waals surface area (Å²) in [7, 11) is 1.48. The second kappa shape index (κ2) is 10.1. The van der Waals surface area contributed by atoms with E-state index in [0.717, 1.165) is 4.68 Å². The fourth-order valence-electron chi connectivity index (χ4n) is 4.29. The van der Waals surface area contributed by atoms with E-state index in [0.29, 0.717) is 5.39 Å². The summed E-state index contributed by atoms with van der Waals surface area (Å²) in [6.07, 6.45) is -1.25. The van der Waals surface area contributed by atoms with Crippen molar-refractivity contribution in [3.8, 4) is 34.1 Å². The van der Waals surface area contributed by atoms with Gasteiger partial charge in [-0.05, 0) is 12.1 Å². The number of amides is 1. The van der Waals surface area contributed by atoms with Crippen molar-refractivity contribution in [1.82, 2.24) is 34.8 Å². The van der Waals surface area contributed by atoms with Gasteiger partial charge in [0, 0.05) is 30.4 Å². The third-order valence-corrected chi connectivity index (χ3v) is 5.69. The zero-order valence-corrected chi connectivity index (χ0v) is 19.9. The van der Waals surface area contributed by atoms with Crippen molar-refractivity contribution in [3.63, 3.8) is 0 Å². The van der Waals surface area contributed by atoms with Gasteiger partial charge in [0.1, 0.15) is 17.9 Å². The second-order valence-corrected chi connectivity index (χ2v) is 8.35. The Kier molecular flexibility index (Phi) is 6.71. The fourth-order valence-corrected chi connectivity index (χ4v) is 4.29. The molecule has 1 amide bonds. The highest BCUT2D eigenvalue weighted by atomic mass is 19.3. The molecule has 0 fully saturated rings. The zero-order chi connectivity index (χ0) is 27.8. The Morgan fingerprint density at radius 2 is 2.08 bits per heavy atom. The molecule has 17 heteroatoms. The molecule has 0 saturated carbocycles. The van der Waals surface area contributed by atoms with Crippen LogP contribution in [0.4, 0.5) is 22.4 Å². The lowest BCUT2D eigenvalue weighted by Crippen LogP contribution is -2.45. The van der Waals surface area contributed by atoms with Gasteiger partial charge in [0.05, 0.1) is 29.4 Å². The molecule has 5 rings (SSSR count). The molecule has 4 aromatic heterocycles. The summed E-state index contributed by atoms with van der Waals surface area (Å²) >= 11 is 0. The molecule has 0 saturated heterocycles. The normalized spacial score (nSPS) is 14.9. The van der Waals surface area contributed by atoms with E-state index in [1.54, 1.807) is 12.1 Å². The number of aliphatic carboxylic acids is 1. The summed E-state index contributed by atoms with van der Waals surface area (Å²) in [6, 6.07) is 2.43. The molecule has 3 N–H and O–H groups in total. The highest BCUT2D eigenvalue weighted by Crippen LogP contribution is 2.47. The quantitative estimate of drug-likeness (QED) is 0.279. The van der Waals surface area contributed by atoms with Crippen LogP contribution in [0.1, 0.15) is 12.1 Å². The van der Waals surface area contributed by atoms with Gasteiger partial charge in [0.2, 0.25) is 11.8 Å². The van der Waals surface area contributed by atoms with Crippen LogP contribution >= 0.6 is 0 Å². The number of nitrogens with zero attached hydrogens (tertiary/aromatic N) is 5. The van der Waals surface area contributed by atoms with Gasteiger partial charge in [-0.3, -0.25) is 4.68 Å². The number of aryl methyl sites for hydroxylation is 1. The van der Waals surface area contributed by atoms with Crippen LogP contribution in [0.25, 0.3) is 33.4 Å². The van der Waals surface area contributed by atoms with Gasteiger partial charge in [0.25, 0.3) is 6.43 Å². The number of carboxylic acid groups (broad SMARTS) is 1. The summed E-state index contributed by atoms with van der Waals surface area (Å²) in [5.41, 5.74) is -0.195. The minimum atomic E-state index is -3.19. The van der Waals surface area contributed by atoms with Crippen LogP contribution < -0.4 is 14.8 Å². The number of nitrogens with one attached hydrogen (secondary N) is 2. The number of carbonyl (C=O) groups is 2. The van der Waals surface area contributed by atoms with Crippen LogP contribution in [0, 0.1) is 0 Å². The van der Waals surface area contributed by atoms with Gasteiger partial charge >= 0.3 is 18.7 Å². The average molecular weight is 553 g/mol. The number of H-pyrrole nitrogens is 1. The fraction of sp³-hybridized carbons (Fsp3) is 0.318. The molecule has 0 spiro atoms. The molecular formula is C22H19F4N7O6. The Labute approximate surface area is 215 Å². The molecule has 0 unspecified atom stereocenters. The number of carbonyl (C=O) groups excluding carboxylic acids is 1. The van der Waals surface area contributed by atoms with Gasteiger partial charge in [0.15, 0.2) is 6.61 Å². The van der Waals surface area contributed by atoms with Crippen molar-refractivity contribution >= 4 is 23.1 Å². The van der Waals surface area contributed by atoms with Crippen molar-refractivity contribution in [2.75, 3.05) is 13.2 Å². The molecule has 5 heterocycles. The van der Waals surface area contributed by atoms with Crippen LogP contribution in [0.15, 0.2) is 24.5 Å². The largest absolute Gasteiger partial charge is 0.479 e. The first kappa shape index (κ1) is 25.8. The number of rotatable bonds is 8. The van der Waals surface area contributed by atoms with E-state index in [2.05, 4.69) is 35.0 Å². The van der Waals surface area contributed by atoms with E-state index >= 15 is 0 Å². The number of ether oxygens (including phenoxy) is 3. The number of aromatic nitrogens is 6. The van der Waals surface area contributed by atoms with Crippen LogP contribution in [-0.2, 0) is 23.1 Å². The molecule has 0 aromatic carbocycles. The number of aromatic amines is 1. The zero-order valence-electron chi connectivity index (χ0n) is 19.9. The predicted octanol–water partition coefficient (Wildman–Crippen LogP) is 2.94. The van der Waals surface area contributed by atoms with Gasteiger partial charge in [-0.2, -0.15) is 13.9 Å².